The van der Waals surface area contributed by atoms with Crippen molar-refractivity contribution >= 4 is 39.4 Å². The summed E-state index contributed by atoms with van der Waals surface area (Å²) in [6.45, 7) is 6.12. The topological polar surface area (TPSA) is 58.1 Å². The lowest BCUT2D eigenvalue weighted by Gasteiger charge is -2.24. The molecule has 150 valence electrons. The summed E-state index contributed by atoms with van der Waals surface area (Å²) in [6.07, 6.45) is 5.28. The maximum Gasteiger partial charge on any atom is 0.255 e. The maximum atomic E-state index is 13.0. The van der Waals surface area contributed by atoms with E-state index in [2.05, 4.69) is 27.1 Å². The summed E-state index contributed by atoms with van der Waals surface area (Å²) in [7, 11) is 0. The molecule has 2 heterocycles. The van der Waals surface area contributed by atoms with E-state index in [9.17, 15) is 4.79 Å². The van der Waals surface area contributed by atoms with Crippen LogP contribution < -0.4 is 10.2 Å². The first-order chi connectivity index (χ1) is 14.5. The van der Waals surface area contributed by atoms with Gasteiger partial charge in [0.25, 0.3) is 5.91 Å². The minimum absolute atomic E-state index is 0.145. The van der Waals surface area contributed by atoms with E-state index >= 15 is 0 Å². The summed E-state index contributed by atoms with van der Waals surface area (Å²) in [5.74, 6) is -0.145. The fraction of sp³-hybridized carbons (Fsp3) is 0.125. The zero-order valence-corrected chi connectivity index (χ0v) is 17.9. The number of amides is 1. The van der Waals surface area contributed by atoms with Crippen LogP contribution in [-0.4, -0.2) is 15.9 Å². The van der Waals surface area contributed by atoms with Crippen molar-refractivity contribution in [3.05, 3.63) is 94.8 Å². The summed E-state index contributed by atoms with van der Waals surface area (Å²) in [5.41, 5.74) is 6.61. The fourth-order valence-electron chi connectivity index (χ4n) is 3.19. The van der Waals surface area contributed by atoms with Gasteiger partial charge in [0.05, 0.1) is 11.4 Å². The molecule has 1 N–H and O–H groups in total. The summed E-state index contributed by atoms with van der Waals surface area (Å²) >= 11 is 1.54. The predicted octanol–water partition coefficient (Wildman–Crippen LogP) is 6.19. The van der Waals surface area contributed by atoms with Gasteiger partial charge < -0.3 is 5.32 Å². The first-order valence-corrected chi connectivity index (χ1v) is 10.5. The van der Waals surface area contributed by atoms with Crippen molar-refractivity contribution in [3.8, 4) is 0 Å². The number of rotatable bonds is 5. The molecule has 4 rings (SSSR count). The second-order valence-electron chi connectivity index (χ2n) is 7.11. The molecule has 0 fully saturated rings. The van der Waals surface area contributed by atoms with Crippen molar-refractivity contribution in [1.82, 2.24) is 9.97 Å². The highest BCUT2D eigenvalue weighted by atomic mass is 32.1. The smallest absolute Gasteiger partial charge is 0.255 e. The van der Waals surface area contributed by atoms with Gasteiger partial charge in [0.2, 0.25) is 0 Å². The number of thiazole rings is 1. The molecule has 0 saturated carbocycles. The molecule has 0 spiro atoms. The van der Waals surface area contributed by atoms with Crippen LogP contribution in [0.5, 0.6) is 0 Å². The minimum atomic E-state index is -0.145. The molecule has 2 aromatic heterocycles. The van der Waals surface area contributed by atoms with Gasteiger partial charge in [0, 0.05) is 35.2 Å². The van der Waals surface area contributed by atoms with E-state index in [0.29, 0.717) is 5.56 Å². The van der Waals surface area contributed by atoms with Gasteiger partial charge >= 0.3 is 0 Å². The summed E-state index contributed by atoms with van der Waals surface area (Å²) in [4.78, 5) is 23.6. The second-order valence-corrected chi connectivity index (χ2v) is 7.98. The second kappa shape index (κ2) is 8.47. The molecule has 2 aromatic carbocycles. The van der Waals surface area contributed by atoms with E-state index in [0.717, 1.165) is 33.3 Å². The third kappa shape index (κ3) is 4.09. The number of nitrogens with one attached hydrogen (secondary N) is 1. The predicted molar refractivity (Wildman–Crippen MR) is 123 cm³/mol. The van der Waals surface area contributed by atoms with E-state index in [-0.39, 0.29) is 5.91 Å². The highest BCUT2D eigenvalue weighted by molar-refractivity contribution is 7.13. The SMILES string of the molecule is Cc1ccc(NC(=O)c2ccc(C)c(N(c3ccncc3)c3nccs3)c2)cc1C. The van der Waals surface area contributed by atoms with Crippen LogP contribution in [0.4, 0.5) is 22.2 Å². The molecule has 0 saturated heterocycles. The van der Waals surface area contributed by atoms with Gasteiger partial charge in [-0.15, -0.1) is 11.3 Å². The van der Waals surface area contributed by atoms with Crippen LogP contribution in [0, 0.1) is 20.8 Å². The maximum absolute atomic E-state index is 13.0. The van der Waals surface area contributed by atoms with Gasteiger partial charge in [-0.1, -0.05) is 12.1 Å². The lowest BCUT2D eigenvalue weighted by molar-refractivity contribution is 0.102. The Morgan fingerprint density at radius 2 is 1.67 bits per heavy atom. The molecular formula is C24H22N4OS. The number of aromatic nitrogens is 2. The van der Waals surface area contributed by atoms with Crippen LogP contribution in [0.3, 0.4) is 0 Å². The normalized spacial score (nSPS) is 10.6. The summed E-state index contributed by atoms with van der Waals surface area (Å²) < 4.78 is 0. The highest BCUT2D eigenvalue weighted by Crippen LogP contribution is 2.37. The Kier molecular flexibility index (Phi) is 5.59. The Labute approximate surface area is 180 Å². The van der Waals surface area contributed by atoms with Gasteiger partial charge in [0.15, 0.2) is 5.13 Å². The Bertz CT molecular complexity index is 1170. The van der Waals surface area contributed by atoms with Crippen LogP contribution >= 0.6 is 11.3 Å². The zero-order valence-electron chi connectivity index (χ0n) is 17.1. The van der Waals surface area contributed by atoms with Crippen molar-refractivity contribution in [1.29, 1.82) is 0 Å². The fourth-order valence-corrected chi connectivity index (χ4v) is 3.86. The molecule has 0 aliphatic carbocycles. The molecule has 30 heavy (non-hydrogen) atoms. The number of hydrogen-bond donors (Lipinski definition) is 1. The van der Waals surface area contributed by atoms with Crippen LogP contribution in [-0.2, 0) is 0 Å². The number of carbonyl (C=O) groups excluding carboxylic acids is 1. The van der Waals surface area contributed by atoms with Crippen LogP contribution in [0.25, 0.3) is 0 Å². The van der Waals surface area contributed by atoms with Crippen molar-refractivity contribution in [2.75, 3.05) is 10.2 Å². The molecule has 0 bridgehead atoms. The number of aryl methyl sites for hydroxylation is 3. The van der Waals surface area contributed by atoms with Gasteiger partial charge in [-0.25, -0.2) is 4.98 Å². The van der Waals surface area contributed by atoms with E-state index in [1.54, 1.807) is 29.9 Å². The Morgan fingerprint density at radius 3 is 2.37 bits per heavy atom. The van der Waals surface area contributed by atoms with Crippen molar-refractivity contribution in [2.24, 2.45) is 0 Å². The van der Waals surface area contributed by atoms with Crippen molar-refractivity contribution in [3.63, 3.8) is 0 Å². The van der Waals surface area contributed by atoms with Crippen molar-refractivity contribution in [2.45, 2.75) is 20.8 Å². The average Bonchev–Trinajstić information content (AvgIpc) is 3.27. The number of anilines is 4. The number of hydrogen-bond acceptors (Lipinski definition) is 5. The molecule has 0 unspecified atom stereocenters. The highest BCUT2D eigenvalue weighted by Gasteiger charge is 2.18. The first kappa shape index (κ1) is 19.8. The van der Waals surface area contributed by atoms with Gasteiger partial charge in [-0.2, -0.15) is 0 Å². The molecule has 6 heteroatoms. The molecule has 0 radical (unpaired) electrons. The number of nitrogens with zero attached hydrogens (tertiary/aromatic N) is 3. The lowest BCUT2D eigenvalue weighted by atomic mass is 10.1. The molecular weight excluding hydrogens is 392 g/mol. The van der Waals surface area contributed by atoms with E-state index in [4.69, 9.17) is 0 Å². The molecule has 5 nitrogen and oxygen atoms in total. The lowest BCUT2D eigenvalue weighted by Crippen LogP contribution is -2.15. The zero-order chi connectivity index (χ0) is 21.1. The van der Waals surface area contributed by atoms with Crippen molar-refractivity contribution < 1.29 is 4.79 Å². The van der Waals surface area contributed by atoms with Gasteiger partial charge in [-0.3, -0.25) is 14.7 Å². The van der Waals surface area contributed by atoms with E-state index < -0.39 is 0 Å². The molecule has 0 aliphatic heterocycles. The minimum Gasteiger partial charge on any atom is -0.322 e. The van der Waals surface area contributed by atoms with Crippen LogP contribution in [0.1, 0.15) is 27.0 Å². The third-order valence-corrected chi connectivity index (χ3v) is 5.77. The molecule has 1 amide bonds. The largest absolute Gasteiger partial charge is 0.322 e. The summed E-state index contributed by atoms with van der Waals surface area (Å²) in [6, 6.07) is 15.5. The van der Waals surface area contributed by atoms with Crippen LogP contribution in [0.2, 0.25) is 0 Å². The molecule has 0 aliphatic rings. The number of carbonyl (C=O) groups is 1. The third-order valence-electron chi connectivity index (χ3n) is 5.01. The molecule has 4 aromatic rings. The Hall–Kier alpha value is -3.51. The number of pyridine rings is 1. The van der Waals surface area contributed by atoms with Crippen LogP contribution in [0.15, 0.2) is 72.5 Å². The quantitative estimate of drug-likeness (QED) is 0.423. The average molecular weight is 415 g/mol. The first-order valence-electron chi connectivity index (χ1n) is 9.62. The summed E-state index contributed by atoms with van der Waals surface area (Å²) in [5, 5.41) is 5.78. The Balaban J connectivity index is 1.71. The van der Waals surface area contributed by atoms with E-state index in [1.807, 2.05) is 67.8 Å². The monoisotopic (exact) mass is 414 g/mol. The standard InChI is InChI=1S/C24H22N4OS/c1-16-5-7-20(14-18(16)3)27-23(29)19-6-4-17(2)22(15-19)28(24-26-12-13-30-24)21-8-10-25-11-9-21/h4-15H,1-3H3,(H,27,29). The van der Waals surface area contributed by atoms with Gasteiger partial charge in [-0.05, 0) is 73.9 Å². The Morgan fingerprint density at radius 1 is 0.900 bits per heavy atom. The number of benzene rings is 2. The molecule has 0 atom stereocenters. The van der Waals surface area contributed by atoms with E-state index in [1.165, 1.54) is 5.56 Å². The van der Waals surface area contributed by atoms with Gasteiger partial charge in [0.1, 0.15) is 0 Å².